The predicted molar refractivity (Wildman–Crippen MR) is 85.3 cm³/mol. The molecular weight excluding hydrogens is 337 g/mol. The van der Waals surface area contributed by atoms with Gasteiger partial charge in [-0.2, -0.15) is 18.3 Å². The molecule has 0 bridgehead atoms. The first kappa shape index (κ1) is 16.6. The molecule has 0 aliphatic heterocycles. The smallest absolute Gasteiger partial charge is 0.416 e. The molecule has 2 heterocycles. The molecule has 3 N–H and O–H groups in total. The fourth-order valence-corrected chi connectivity index (χ4v) is 2.03. The highest BCUT2D eigenvalue weighted by atomic mass is 19.4. The minimum absolute atomic E-state index is 0.235. The van der Waals surface area contributed by atoms with E-state index in [-0.39, 0.29) is 5.95 Å². The van der Waals surface area contributed by atoms with Gasteiger partial charge in [-0.25, -0.2) is 10.1 Å². The Labute approximate surface area is 139 Å². The molecule has 130 valence electrons. The van der Waals surface area contributed by atoms with Gasteiger partial charge in [0.15, 0.2) is 5.82 Å². The van der Waals surface area contributed by atoms with Gasteiger partial charge in [-0.3, -0.25) is 0 Å². The summed E-state index contributed by atoms with van der Waals surface area (Å²) < 4.78 is 45.0. The summed E-state index contributed by atoms with van der Waals surface area (Å²) in [5, 5.41) is 11.4. The summed E-state index contributed by atoms with van der Waals surface area (Å²) in [6.45, 7) is 1.68. The highest BCUT2D eigenvalue weighted by Gasteiger charge is 2.30. The van der Waals surface area contributed by atoms with Gasteiger partial charge in [0, 0.05) is 5.56 Å². The molecule has 2 aromatic heterocycles. The van der Waals surface area contributed by atoms with E-state index in [1.165, 1.54) is 23.0 Å². The van der Waals surface area contributed by atoms with Crippen molar-refractivity contribution in [3.05, 3.63) is 53.5 Å². The quantitative estimate of drug-likeness (QED) is 0.428. The molecule has 0 aliphatic rings. The molecule has 0 aliphatic carbocycles. The number of alkyl halides is 3. The van der Waals surface area contributed by atoms with Gasteiger partial charge in [-0.1, -0.05) is 12.1 Å². The van der Waals surface area contributed by atoms with Crippen molar-refractivity contribution in [2.45, 2.75) is 13.1 Å². The van der Waals surface area contributed by atoms with E-state index < -0.39 is 11.7 Å². The zero-order valence-corrected chi connectivity index (χ0v) is 12.9. The largest absolute Gasteiger partial charge is 0.455 e. The highest BCUT2D eigenvalue weighted by molar-refractivity contribution is 5.78. The Kier molecular flexibility index (Phi) is 4.17. The Hall–Kier alpha value is -3.30. The van der Waals surface area contributed by atoms with Crippen molar-refractivity contribution in [1.29, 1.82) is 0 Å². The van der Waals surface area contributed by atoms with Crippen LogP contribution in [0.25, 0.3) is 11.3 Å². The van der Waals surface area contributed by atoms with Gasteiger partial charge < -0.3 is 10.3 Å². The van der Waals surface area contributed by atoms with Gasteiger partial charge in [0.1, 0.15) is 11.5 Å². The van der Waals surface area contributed by atoms with Gasteiger partial charge >= 0.3 is 6.18 Å². The normalized spacial score (nSPS) is 12.0. The summed E-state index contributed by atoms with van der Waals surface area (Å²) >= 11 is 0. The number of hydrogen-bond donors (Lipinski definition) is 2. The topological polar surface area (TPSA) is 94.3 Å². The first-order chi connectivity index (χ1) is 11.8. The van der Waals surface area contributed by atoms with Crippen LogP contribution >= 0.6 is 0 Å². The molecule has 0 saturated heterocycles. The maximum Gasteiger partial charge on any atom is 0.416 e. The van der Waals surface area contributed by atoms with E-state index in [1.54, 1.807) is 19.1 Å². The lowest BCUT2D eigenvalue weighted by atomic mass is 10.1. The monoisotopic (exact) mass is 350 g/mol. The van der Waals surface area contributed by atoms with Crippen LogP contribution in [-0.2, 0) is 6.18 Å². The number of nitrogen functional groups attached to an aromatic ring is 1. The summed E-state index contributed by atoms with van der Waals surface area (Å²) in [6.07, 6.45) is -3.06. The van der Waals surface area contributed by atoms with Crippen LogP contribution in [0.3, 0.4) is 0 Å². The fourth-order valence-electron chi connectivity index (χ4n) is 2.03. The van der Waals surface area contributed by atoms with Crippen molar-refractivity contribution in [2.75, 3.05) is 11.3 Å². The first-order valence-electron chi connectivity index (χ1n) is 7.08. The fraction of sp³-hybridized carbons (Fsp3) is 0.133. The zero-order valence-electron chi connectivity index (χ0n) is 12.9. The number of halogens is 3. The summed E-state index contributed by atoms with van der Waals surface area (Å²) in [4.78, 5) is 0. The lowest BCUT2D eigenvalue weighted by Gasteiger charge is -2.07. The molecule has 1 aromatic carbocycles. The van der Waals surface area contributed by atoms with Crippen LogP contribution in [0.15, 0.2) is 45.9 Å². The number of nitrogens with two attached hydrogens (primary N) is 1. The summed E-state index contributed by atoms with van der Waals surface area (Å²) in [7, 11) is 0. The standard InChI is InChI=1S/C15H13F3N6O/c1-9-21-23-14(24(9)19)22-20-8-12-5-6-13(25-12)10-3-2-4-11(7-10)15(16,17)18/h2-8H,19H2,1H3,(H,22,23). The third kappa shape index (κ3) is 3.62. The molecule has 3 aromatic rings. The number of furan rings is 1. The van der Waals surface area contributed by atoms with Crippen molar-refractivity contribution in [2.24, 2.45) is 5.10 Å². The molecule has 0 radical (unpaired) electrons. The second-order valence-corrected chi connectivity index (χ2v) is 5.09. The number of benzene rings is 1. The molecule has 25 heavy (non-hydrogen) atoms. The molecule has 0 spiro atoms. The molecule has 0 atom stereocenters. The maximum absolute atomic E-state index is 12.8. The van der Waals surface area contributed by atoms with E-state index in [0.29, 0.717) is 22.9 Å². The minimum Gasteiger partial charge on any atom is -0.455 e. The number of hydrazone groups is 1. The zero-order chi connectivity index (χ0) is 18.0. The molecule has 7 nitrogen and oxygen atoms in total. The minimum atomic E-state index is -4.41. The van der Waals surface area contributed by atoms with Crippen LogP contribution in [0, 0.1) is 6.92 Å². The summed E-state index contributed by atoms with van der Waals surface area (Å²) in [5.74, 6) is 7.03. The van der Waals surface area contributed by atoms with Crippen molar-refractivity contribution < 1.29 is 17.6 Å². The van der Waals surface area contributed by atoms with Crippen molar-refractivity contribution in [3.63, 3.8) is 0 Å². The van der Waals surface area contributed by atoms with Crippen molar-refractivity contribution in [1.82, 2.24) is 14.9 Å². The molecule has 0 unspecified atom stereocenters. The van der Waals surface area contributed by atoms with Crippen LogP contribution in [0.4, 0.5) is 19.1 Å². The van der Waals surface area contributed by atoms with Gasteiger partial charge in [-0.15, -0.1) is 10.2 Å². The lowest BCUT2D eigenvalue weighted by Crippen LogP contribution is -2.13. The van der Waals surface area contributed by atoms with Crippen molar-refractivity contribution >= 4 is 12.2 Å². The number of nitrogens with zero attached hydrogens (tertiary/aromatic N) is 4. The van der Waals surface area contributed by atoms with Crippen LogP contribution in [0.5, 0.6) is 0 Å². The Morgan fingerprint density at radius 1 is 1.24 bits per heavy atom. The molecule has 3 rings (SSSR count). The Bertz CT molecular complexity index is 912. The van der Waals surface area contributed by atoms with Gasteiger partial charge in [0.2, 0.25) is 0 Å². The van der Waals surface area contributed by atoms with Gasteiger partial charge in [0.05, 0.1) is 11.8 Å². The second-order valence-electron chi connectivity index (χ2n) is 5.09. The van der Waals surface area contributed by atoms with Crippen LogP contribution < -0.4 is 11.3 Å². The van der Waals surface area contributed by atoms with E-state index in [2.05, 4.69) is 20.7 Å². The number of aromatic nitrogens is 3. The maximum atomic E-state index is 12.8. The SMILES string of the molecule is Cc1nnc(NN=Cc2ccc(-c3cccc(C(F)(F)F)c3)o2)n1N. The first-order valence-corrected chi connectivity index (χ1v) is 7.08. The summed E-state index contributed by atoms with van der Waals surface area (Å²) in [5.41, 5.74) is 2.16. The Morgan fingerprint density at radius 2 is 2.04 bits per heavy atom. The molecule has 0 saturated carbocycles. The van der Waals surface area contributed by atoms with Crippen LogP contribution in [0.2, 0.25) is 0 Å². The third-order valence-corrected chi connectivity index (χ3v) is 3.32. The van der Waals surface area contributed by atoms with E-state index in [1.807, 2.05) is 0 Å². The van der Waals surface area contributed by atoms with E-state index in [0.717, 1.165) is 12.1 Å². The van der Waals surface area contributed by atoms with E-state index in [4.69, 9.17) is 10.3 Å². The van der Waals surface area contributed by atoms with Gasteiger partial charge in [-0.05, 0) is 31.2 Å². The second kappa shape index (κ2) is 6.30. The Morgan fingerprint density at radius 3 is 2.72 bits per heavy atom. The number of rotatable bonds is 4. The van der Waals surface area contributed by atoms with Gasteiger partial charge in [0.25, 0.3) is 5.95 Å². The molecular formula is C15H13F3N6O. The number of hydrogen-bond acceptors (Lipinski definition) is 6. The molecule has 0 fully saturated rings. The summed E-state index contributed by atoms with van der Waals surface area (Å²) in [6, 6.07) is 8.03. The van der Waals surface area contributed by atoms with Crippen LogP contribution in [-0.4, -0.2) is 21.1 Å². The number of nitrogens with one attached hydrogen (secondary N) is 1. The average molecular weight is 350 g/mol. The Balaban J connectivity index is 1.74. The van der Waals surface area contributed by atoms with E-state index >= 15 is 0 Å². The average Bonchev–Trinajstić information content (AvgIpc) is 3.16. The highest BCUT2D eigenvalue weighted by Crippen LogP contribution is 2.32. The number of anilines is 1. The molecule has 10 heteroatoms. The third-order valence-electron chi connectivity index (χ3n) is 3.32. The molecule has 0 amide bonds. The lowest BCUT2D eigenvalue weighted by molar-refractivity contribution is -0.137. The van der Waals surface area contributed by atoms with E-state index in [9.17, 15) is 13.2 Å². The van der Waals surface area contributed by atoms with Crippen LogP contribution in [0.1, 0.15) is 17.1 Å². The predicted octanol–water partition coefficient (Wildman–Crippen LogP) is 3.03. The van der Waals surface area contributed by atoms with Crippen molar-refractivity contribution in [3.8, 4) is 11.3 Å². The number of aryl methyl sites for hydroxylation is 1.